The first-order chi connectivity index (χ1) is 18.1. The van der Waals surface area contributed by atoms with E-state index < -0.39 is 11.3 Å². The number of alkyl halides is 2. The Balaban J connectivity index is -0.000000438. The second kappa shape index (κ2) is 22.2. The Morgan fingerprint density at radius 1 is 0.659 bits per heavy atom. The van der Waals surface area contributed by atoms with Gasteiger partial charge >= 0.3 is 0 Å². The fourth-order valence-electron chi connectivity index (χ4n) is 3.87. The van der Waals surface area contributed by atoms with Crippen LogP contribution in [0.1, 0.15) is 124 Å². The molecule has 1 unspecified atom stereocenters. The summed E-state index contributed by atoms with van der Waals surface area (Å²) in [5, 5.41) is 6.16. The number of morpholine rings is 1. The van der Waals surface area contributed by atoms with Gasteiger partial charge in [0.15, 0.2) is 0 Å². The highest BCUT2D eigenvalue weighted by molar-refractivity contribution is 4.97. The Bertz CT molecular complexity index is 553. The maximum Gasteiger partial charge on any atom is 0.133 e. The molecule has 4 fully saturated rings. The smallest absolute Gasteiger partial charge is 0.133 e. The second-order valence-corrected chi connectivity index (χ2v) is 15.5. The molecule has 1 atom stereocenters. The van der Waals surface area contributed by atoms with Gasteiger partial charge in [0.1, 0.15) is 11.3 Å². The Morgan fingerprint density at radius 2 is 1.05 bits per heavy atom. The molecule has 0 aromatic rings. The summed E-state index contributed by atoms with van der Waals surface area (Å²) in [4.78, 5) is 4.60. The van der Waals surface area contributed by atoms with Gasteiger partial charge in [-0.15, -0.1) is 0 Å². The summed E-state index contributed by atoms with van der Waals surface area (Å²) in [6.07, 6.45) is 3.45. The number of nitrogens with zero attached hydrogens (tertiary/aromatic N) is 2. The zero-order chi connectivity index (χ0) is 31.6. The van der Waals surface area contributed by atoms with Crippen molar-refractivity contribution < 1.29 is 13.5 Å². The summed E-state index contributed by atoms with van der Waals surface area (Å²) in [5.74, 6) is 1.67. The van der Waals surface area contributed by atoms with Crippen molar-refractivity contribution in [3.8, 4) is 0 Å². The minimum absolute atomic E-state index is 0. The lowest BCUT2D eigenvalue weighted by Gasteiger charge is -2.49. The number of halogens is 2. The largest absolute Gasteiger partial charge is 0.379 e. The summed E-state index contributed by atoms with van der Waals surface area (Å²) in [5.41, 5.74) is -1.37. The predicted octanol–water partition coefficient (Wildman–Crippen LogP) is 7.98. The van der Waals surface area contributed by atoms with Crippen molar-refractivity contribution in [3.05, 3.63) is 0 Å². The molecule has 5 nitrogen and oxygen atoms in total. The Hall–Kier alpha value is -0.340. The first-order valence-corrected chi connectivity index (χ1v) is 16.0. The van der Waals surface area contributed by atoms with Crippen LogP contribution in [-0.2, 0) is 4.74 Å². The van der Waals surface area contributed by atoms with Crippen LogP contribution < -0.4 is 10.6 Å². The van der Waals surface area contributed by atoms with Crippen LogP contribution in [0.2, 0.25) is 0 Å². The number of nitrogens with one attached hydrogen (secondary N) is 2. The summed E-state index contributed by atoms with van der Waals surface area (Å²) in [6.45, 7) is 38.4. The zero-order valence-electron chi connectivity index (χ0n) is 29.4. The zero-order valence-corrected chi connectivity index (χ0v) is 29.4. The molecule has 0 aliphatic carbocycles. The third-order valence-electron chi connectivity index (χ3n) is 6.22. The summed E-state index contributed by atoms with van der Waals surface area (Å²) < 4.78 is 30.7. The highest BCUT2D eigenvalue weighted by Crippen LogP contribution is 2.30. The van der Waals surface area contributed by atoms with Crippen LogP contribution in [0.25, 0.3) is 0 Å². The van der Waals surface area contributed by atoms with Crippen LogP contribution in [0.15, 0.2) is 0 Å². The Labute approximate surface area is 257 Å². The van der Waals surface area contributed by atoms with Crippen molar-refractivity contribution in [2.75, 3.05) is 65.6 Å². The minimum atomic E-state index is -0.923. The van der Waals surface area contributed by atoms with Gasteiger partial charge in [0.05, 0.1) is 13.2 Å². The van der Waals surface area contributed by atoms with Crippen molar-refractivity contribution in [1.82, 2.24) is 20.4 Å². The van der Waals surface area contributed by atoms with Crippen LogP contribution in [0.4, 0.5) is 8.78 Å². The molecule has 41 heavy (non-hydrogen) atoms. The Kier molecular flexibility index (Phi) is 24.4. The van der Waals surface area contributed by atoms with Gasteiger partial charge in [-0.2, -0.15) is 0 Å². The molecular formula is C34H76F2N4O. The van der Waals surface area contributed by atoms with E-state index in [1.54, 1.807) is 13.8 Å². The van der Waals surface area contributed by atoms with Gasteiger partial charge in [-0.05, 0) is 106 Å². The standard InChI is InChI=1S/C8H16FN.C8H17NO.C5H10FN.C4H9N.2C4H10.CH4/c1-7(2,3)10-5-8(4,9)6-10;1-8(2,3)9-4-6-10-7-5-9;1-5(6)2-3-7-4-5;1-2-4-5-3-1;2*1-4(2)3;/h5-6H2,1-4H3;4-7H2,1-3H3;7H,2-4H2,1H3;5H,1-4H2;2*4H,1-3H3;1H4. The normalized spacial score (nSPS) is 23.9. The average Bonchev–Trinajstić information content (AvgIpc) is 3.46. The predicted molar refractivity (Wildman–Crippen MR) is 180 cm³/mol. The van der Waals surface area contributed by atoms with Gasteiger partial charge in [0.2, 0.25) is 0 Å². The first kappa shape index (κ1) is 45.1. The molecule has 252 valence electrons. The highest BCUT2D eigenvalue weighted by Gasteiger charge is 2.43. The van der Waals surface area contributed by atoms with Gasteiger partial charge in [-0.1, -0.05) is 49.0 Å². The highest BCUT2D eigenvalue weighted by atomic mass is 19.1. The number of likely N-dealkylation sites (tertiary alicyclic amines) is 1. The van der Waals surface area contributed by atoms with E-state index in [0.29, 0.717) is 31.6 Å². The molecule has 2 N–H and O–H groups in total. The van der Waals surface area contributed by atoms with Crippen molar-refractivity contribution in [2.45, 2.75) is 146 Å². The number of ether oxygens (including phenoxy) is 1. The van der Waals surface area contributed by atoms with E-state index in [1.807, 2.05) is 0 Å². The first-order valence-electron chi connectivity index (χ1n) is 16.0. The SMILES string of the molecule is C.C1CCNC1.CC(C)(C)N1CCOCC1.CC(C)C.CC(C)C.CC1(F)CCNC1.CC1(F)CN(C(C)(C)C)C1. The molecule has 4 heterocycles. The minimum Gasteiger partial charge on any atom is -0.379 e. The van der Waals surface area contributed by atoms with E-state index in [1.165, 1.54) is 25.9 Å². The van der Waals surface area contributed by atoms with Crippen molar-refractivity contribution in [2.24, 2.45) is 11.8 Å². The molecule has 4 saturated heterocycles. The number of rotatable bonds is 0. The maximum absolute atomic E-state index is 12.9. The van der Waals surface area contributed by atoms with Gasteiger partial charge in [0.25, 0.3) is 0 Å². The lowest BCUT2D eigenvalue weighted by molar-refractivity contribution is -0.0681. The monoisotopic (exact) mass is 595 g/mol. The van der Waals surface area contributed by atoms with Gasteiger partial charge in [0, 0.05) is 43.8 Å². The molecular weight excluding hydrogens is 518 g/mol. The fourth-order valence-corrected chi connectivity index (χ4v) is 3.87. The molecule has 0 aromatic carbocycles. The molecule has 7 heteroatoms. The van der Waals surface area contributed by atoms with Crippen molar-refractivity contribution >= 4 is 0 Å². The molecule has 4 rings (SSSR count). The fraction of sp³-hybridized carbons (Fsp3) is 1.00. The summed E-state index contributed by atoms with van der Waals surface area (Å²) in [7, 11) is 0. The van der Waals surface area contributed by atoms with E-state index in [0.717, 1.165) is 44.7 Å². The lowest BCUT2D eigenvalue weighted by atomic mass is 9.92. The van der Waals surface area contributed by atoms with E-state index in [-0.39, 0.29) is 13.0 Å². The quantitative estimate of drug-likeness (QED) is 0.298. The van der Waals surface area contributed by atoms with Crippen LogP contribution in [0.3, 0.4) is 0 Å². The summed E-state index contributed by atoms with van der Waals surface area (Å²) in [6, 6.07) is 0. The third kappa shape index (κ3) is 29.5. The number of hydrogen-bond donors (Lipinski definition) is 2. The van der Waals surface area contributed by atoms with Crippen LogP contribution in [0, 0.1) is 11.8 Å². The van der Waals surface area contributed by atoms with Crippen LogP contribution >= 0.6 is 0 Å². The third-order valence-corrected chi connectivity index (χ3v) is 6.22. The van der Waals surface area contributed by atoms with E-state index in [4.69, 9.17) is 4.74 Å². The van der Waals surface area contributed by atoms with Crippen molar-refractivity contribution in [3.63, 3.8) is 0 Å². The molecule has 4 aliphatic rings. The molecule has 0 radical (unpaired) electrons. The molecule has 0 aromatic heterocycles. The van der Waals surface area contributed by atoms with E-state index in [9.17, 15) is 8.78 Å². The molecule has 4 aliphatic heterocycles. The molecule has 0 amide bonds. The van der Waals surface area contributed by atoms with Crippen molar-refractivity contribution in [1.29, 1.82) is 0 Å². The summed E-state index contributed by atoms with van der Waals surface area (Å²) >= 11 is 0. The molecule has 0 spiro atoms. The number of hydrogen-bond acceptors (Lipinski definition) is 5. The van der Waals surface area contributed by atoms with Crippen LogP contribution in [-0.4, -0.2) is 97.8 Å². The van der Waals surface area contributed by atoms with Gasteiger partial charge in [-0.25, -0.2) is 8.78 Å². The molecule has 0 saturated carbocycles. The average molecular weight is 595 g/mol. The topological polar surface area (TPSA) is 39.8 Å². The van der Waals surface area contributed by atoms with Crippen LogP contribution in [0.5, 0.6) is 0 Å². The van der Waals surface area contributed by atoms with E-state index in [2.05, 4.69) is 104 Å². The van der Waals surface area contributed by atoms with E-state index >= 15 is 0 Å². The Morgan fingerprint density at radius 3 is 1.20 bits per heavy atom. The lowest BCUT2D eigenvalue weighted by Crippen LogP contribution is -2.63. The molecule has 0 bridgehead atoms. The maximum atomic E-state index is 12.9. The second-order valence-electron chi connectivity index (χ2n) is 15.5. The van der Waals surface area contributed by atoms with Gasteiger partial charge < -0.3 is 15.4 Å². The van der Waals surface area contributed by atoms with Gasteiger partial charge in [-0.3, -0.25) is 9.80 Å².